The molecule has 1 fully saturated rings. The molecule has 17 heavy (non-hydrogen) atoms. The quantitative estimate of drug-likeness (QED) is 0.798. The number of rotatable bonds is 5. The normalized spacial score (nSPS) is 20.7. The van der Waals surface area contributed by atoms with Gasteiger partial charge >= 0.3 is 0 Å². The Labute approximate surface area is 106 Å². The Hall–Kier alpha value is -0.420. The summed E-state index contributed by atoms with van der Waals surface area (Å²) in [5.41, 5.74) is 5.74. The molecule has 0 aliphatic carbocycles. The van der Waals surface area contributed by atoms with Crippen molar-refractivity contribution in [1.29, 1.82) is 0 Å². The van der Waals surface area contributed by atoms with Gasteiger partial charge in [-0.2, -0.15) is 0 Å². The van der Waals surface area contributed by atoms with E-state index in [1.54, 1.807) is 0 Å². The predicted octanol–water partition coefficient (Wildman–Crippen LogP) is 0.875. The van der Waals surface area contributed by atoms with Gasteiger partial charge in [-0.05, 0) is 19.3 Å². The van der Waals surface area contributed by atoms with E-state index < -0.39 is 10.8 Å². The molecule has 1 saturated heterocycles. The van der Waals surface area contributed by atoms with Crippen molar-refractivity contribution in [2.45, 2.75) is 45.1 Å². The summed E-state index contributed by atoms with van der Waals surface area (Å²) in [4.78, 5) is 13.8. The summed E-state index contributed by atoms with van der Waals surface area (Å²) in [7, 11) is -1.10. The molecular formula is C12H24N2O2S. The molecule has 0 bridgehead atoms. The molecule has 2 N–H and O–H groups in total. The maximum absolute atomic E-state index is 11.9. The summed E-state index contributed by atoms with van der Waals surface area (Å²) in [6.07, 6.45) is 5.37. The molecule has 0 saturated carbocycles. The molecule has 2 atom stereocenters. The van der Waals surface area contributed by atoms with E-state index in [1.807, 2.05) is 11.8 Å². The average Bonchev–Trinajstić information content (AvgIpc) is 2.57. The lowest BCUT2D eigenvalue weighted by Crippen LogP contribution is -2.37. The minimum atomic E-state index is -1.10. The first-order chi connectivity index (χ1) is 8.13. The smallest absolute Gasteiger partial charge is 0.235 e. The van der Waals surface area contributed by atoms with E-state index in [-0.39, 0.29) is 17.7 Å². The van der Waals surface area contributed by atoms with Gasteiger partial charge in [0.1, 0.15) is 5.75 Å². The molecule has 2 unspecified atom stereocenters. The van der Waals surface area contributed by atoms with Crippen LogP contribution in [0.4, 0.5) is 0 Å². The topological polar surface area (TPSA) is 63.4 Å². The second-order valence-electron chi connectivity index (χ2n) is 4.71. The van der Waals surface area contributed by atoms with E-state index in [4.69, 9.17) is 5.73 Å². The number of likely N-dealkylation sites (tertiary alicyclic amines) is 1. The van der Waals surface area contributed by atoms with Gasteiger partial charge < -0.3 is 10.6 Å². The Morgan fingerprint density at radius 2 is 1.88 bits per heavy atom. The van der Waals surface area contributed by atoms with Crippen LogP contribution in [0.15, 0.2) is 0 Å². The number of carbonyl (C=O) groups excluding carboxylic acids is 1. The van der Waals surface area contributed by atoms with Gasteiger partial charge in [0.2, 0.25) is 5.91 Å². The fourth-order valence-electron chi connectivity index (χ4n) is 1.96. The molecule has 100 valence electrons. The summed E-state index contributed by atoms with van der Waals surface area (Å²) in [6, 6.07) is -0.0484. The number of hydrogen-bond donors (Lipinski definition) is 1. The molecule has 0 aromatic rings. The molecule has 0 radical (unpaired) electrons. The third-order valence-electron chi connectivity index (χ3n) is 3.17. The van der Waals surface area contributed by atoms with Gasteiger partial charge in [-0.3, -0.25) is 9.00 Å². The molecular weight excluding hydrogens is 236 g/mol. The van der Waals surface area contributed by atoms with E-state index in [2.05, 4.69) is 0 Å². The van der Waals surface area contributed by atoms with Crippen LogP contribution in [-0.4, -0.2) is 45.7 Å². The standard InChI is InChI=1S/C12H24N2O2S/c1-2-11(13)9-17(16)10-12(15)14-7-5-3-4-6-8-14/h11H,2-10,13H2,1H3. The number of carbonyl (C=O) groups is 1. The van der Waals surface area contributed by atoms with Crippen LogP contribution in [-0.2, 0) is 15.6 Å². The molecule has 1 aliphatic heterocycles. The van der Waals surface area contributed by atoms with Crippen molar-refractivity contribution in [3.63, 3.8) is 0 Å². The Balaban J connectivity index is 2.34. The second kappa shape index (κ2) is 7.82. The molecule has 1 rings (SSSR count). The van der Waals surface area contributed by atoms with Crippen molar-refractivity contribution in [2.75, 3.05) is 24.6 Å². The summed E-state index contributed by atoms with van der Waals surface area (Å²) in [6.45, 7) is 3.63. The van der Waals surface area contributed by atoms with Gasteiger partial charge in [-0.15, -0.1) is 0 Å². The van der Waals surface area contributed by atoms with Gasteiger partial charge in [0.05, 0.1) is 0 Å². The highest BCUT2D eigenvalue weighted by atomic mass is 32.2. The van der Waals surface area contributed by atoms with E-state index in [0.29, 0.717) is 5.75 Å². The molecule has 0 aromatic heterocycles. The minimum Gasteiger partial charge on any atom is -0.342 e. The van der Waals surface area contributed by atoms with Crippen LogP contribution in [0.2, 0.25) is 0 Å². The highest BCUT2D eigenvalue weighted by molar-refractivity contribution is 7.85. The van der Waals surface area contributed by atoms with Gasteiger partial charge in [-0.1, -0.05) is 19.8 Å². The lowest BCUT2D eigenvalue weighted by Gasteiger charge is -2.20. The van der Waals surface area contributed by atoms with Crippen molar-refractivity contribution in [2.24, 2.45) is 5.73 Å². The zero-order valence-electron chi connectivity index (χ0n) is 10.7. The summed E-state index contributed by atoms with van der Waals surface area (Å²) < 4.78 is 11.7. The van der Waals surface area contributed by atoms with Crippen LogP contribution in [0.25, 0.3) is 0 Å². The van der Waals surface area contributed by atoms with Gasteiger partial charge in [0.15, 0.2) is 0 Å². The Morgan fingerprint density at radius 1 is 1.29 bits per heavy atom. The monoisotopic (exact) mass is 260 g/mol. The predicted molar refractivity (Wildman–Crippen MR) is 71.2 cm³/mol. The van der Waals surface area contributed by atoms with Crippen LogP contribution in [0.1, 0.15) is 39.0 Å². The average molecular weight is 260 g/mol. The zero-order chi connectivity index (χ0) is 12.7. The van der Waals surface area contributed by atoms with Crippen molar-refractivity contribution in [3.8, 4) is 0 Å². The summed E-state index contributed by atoms with van der Waals surface area (Å²) >= 11 is 0. The molecule has 1 amide bonds. The fraction of sp³-hybridized carbons (Fsp3) is 0.917. The molecule has 1 aliphatic rings. The second-order valence-corrected chi connectivity index (χ2v) is 6.22. The van der Waals surface area contributed by atoms with Crippen molar-refractivity contribution in [3.05, 3.63) is 0 Å². The number of nitrogens with two attached hydrogens (primary N) is 1. The Morgan fingerprint density at radius 3 is 2.41 bits per heavy atom. The van der Waals surface area contributed by atoms with Gasteiger partial charge in [0, 0.05) is 35.7 Å². The Kier molecular flexibility index (Phi) is 6.73. The van der Waals surface area contributed by atoms with Gasteiger partial charge in [0.25, 0.3) is 0 Å². The minimum absolute atomic E-state index is 0.0357. The molecule has 0 spiro atoms. The van der Waals surface area contributed by atoms with E-state index in [9.17, 15) is 9.00 Å². The maximum Gasteiger partial charge on any atom is 0.235 e. The van der Waals surface area contributed by atoms with E-state index >= 15 is 0 Å². The molecule has 5 heteroatoms. The largest absolute Gasteiger partial charge is 0.342 e. The lowest BCUT2D eigenvalue weighted by atomic mass is 10.2. The van der Waals surface area contributed by atoms with Crippen LogP contribution >= 0.6 is 0 Å². The molecule has 0 aromatic carbocycles. The van der Waals surface area contributed by atoms with E-state index in [0.717, 1.165) is 32.4 Å². The Bertz CT molecular complexity index is 263. The van der Waals surface area contributed by atoms with Gasteiger partial charge in [-0.25, -0.2) is 0 Å². The van der Waals surface area contributed by atoms with Crippen LogP contribution < -0.4 is 5.73 Å². The number of nitrogens with zero attached hydrogens (tertiary/aromatic N) is 1. The van der Waals surface area contributed by atoms with Crippen LogP contribution in [0, 0.1) is 0 Å². The van der Waals surface area contributed by atoms with Crippen molar-refractivity contribution in [1.82, 2.24) is 4.90 Å². The van der Waals surface area contributed by atoms with E-state index in [1.165, 1.54) is 12.8 Å². The fourth-order valence-corrected chi connectivity index (χ4v) is 3.25. The van der Waals surface area contributed by atoms with Crippen molar-refractivity contribution >= 4 is 16.7 Å². The van der Waals surface area contributed by atoms with Crippen LogP contribution in [0.5, 0.6) is 0 Å². The summed E-state index contributed by atoms with van der Waals surface area (Å²) in [5.74, 6) is 0.623. The zero-order valence-corrected chi connectivity index (χ0v) is 11.5. The maximum atomic E-state index is 11.9. The molecule has 1 heterocycles. The first-order valence-electron chi connectivity index (χ1n) is 6.51. The SMILES string of the molecule is CCC(N)CS(=O)CC(=O)N1CCCCCC1. The number of hydrogen-bond acceptors (Lipinski definition) is 3. The highest BCUT2D eigenvalue weighted by Crippen LogP contribution is 2.10. The lowest BCUT2D eigenvalue weighted by molar-refractivity contribution is -0.128. The first kappa shape index (κ1) is 14.6. The molecule has 4 nitrogen and oxygen atoms in total. The number of amides is 1. The first-order valence-corrected chi connectivity index (χ1v) is 8.00. The summed E-state index contributed by atoms with van der Waals surface area (Å²) in [5, 5.41) is 0. The third-order valence-corrected chi connectivity index (χ3v) is 4.54. The van der Waals surface area contributed by atoms with Crippen LogP contribution in [0.3, 0.4) is 0 Å². The third kappa shape index (κ3) is 5.64. The highest BCUT2D eigenvalue weighted by Gasteiger charge is 2.18. The van der Waals surface area contributed by atoms with Crippen molar-refractivity contribution < 1.29 is 9.00 Å².